The Morgan fingerprint density at radius 3 is 3.00 bits per heavy atom. The van der Waals surface area contributed by atoms with E-state index in [9.17, 15) is 0 Å². The van der Waals surface area contributed by atoms with Gasteiger partial charge in [-0.15, -0.1) is 0 Å². The van der Waals surface area contributed by atoms with Crippen LogP contribution in [0, 0.1) is 6.92 Å². The van der Waals surface area contributed by atoms with Gasteiger partial charge in [-0.25, -0.2) is 9.97 Å². The third-order valence-corrected chi connectivity index (χ3v) is 2.42. The summed E-state index contributed by atoms with van der Waals surface area (Å²) in [7, 11) is 1.81. The van der Waals surface area contributed by atoms with E-state index >= 15 is 0 Å². The van der Waals surface area contributed by atoms with E-state index in [4.69, 9.17) is 0 Å². The van der Waals surface area contributed by atoms with Gasteiger partial charge in [0, 0.05) is 44.3 Å². The Balaban J connectivity index is 1.94. The molecule has 0 fully saturated rings. The van der Waals surface area contributed by atoms with Crippen LogP contribution < -0.4 is 10.6 Å². The van der Waals surface area contributed by atoms with Gasteiger partial charge in [-0.3, -0.25) is 0 Å². The first-order valence-corrected chi connectivity index (χ1v) is 5.50. The van der Waals surface area contributed by atoms with Crippen molar-refractivity contribution >= 4 is 11.8 Å². The lowest BCUT2D eigenvalue weighted by atomic mass is 10.3. The first kappa shape index (κ1) is 11.4. The molecule has 0 spiro atoms. The van der Waals surface area contributed by atoms with Gasteiger partial charge in [0.15, 0.2) is 0 Å². The smallest absolute Gasteiger partial charge is 0.224 e. The van der Waals surface area contributed by atoms with Crippen molar-refractivity contribution in [1.29, 1.82) is 0 Å². The highest BCUT2D eigenvalue weighted by atomic mass is 15.1. The summed E-state index contributed by atoms with van der Waals surface area (Å²) in [5.41, 5.74) is 1.04. The lowest BCUT2D eigenvalue weighted by Gasteiger charge is -2.09. The molecule has 90 valence electrons. The SMILES string of the molecule is CNc1ncc(C)c(NCCn2ccnc2)n1. The fraction of sp³-hybridized carbons (Fsp3) is 0.364. The van der Waals surface area contributed by atoms with Crippen molar-refractivity contribution in [2.45, 2.75) is 13.5 Å². The highest BCUT2D eigenvalue weighted by Gasteiger charge is 2.01. The summed E-state index contributed by atoms with van der Waals surface area (Å²) in [6, 6.07) is 0. The zero-order chi connectivity index (χ0) is 12.1. The normalized spacial score (nSPS) is 10.2. The molecule has 17 heavy (non-hydrogen) atoms. The molecule has 0 amide bonds. The number of imidazole rings is 1. The minimum atomic E-state index is 0.626. The van der Waals surface area contributed by atoms with E-state index in [1.165, 1.54) is 0 Å². The Kier molecular flexibility index (Phi) is 3.54. The van der Waals surface area contributed by atoms with E-state index in [0.717, 1.165) is 24.5 Å². The molecule has 0 saturated heterocycles. The summed E-state index contributed by atoms with van der Waals surface area (Å²) in [6.45, 7) is 3.65. The lowest BCUT2D eigenvalue weighted by molar-refractivity contribution is 0.724. The first-order valence-electron chi connectivity index (χ1n) is 5.50. The molecule has 0 bridgehead atoms. The molecule has 2 aromatic heterocycles. The van der Waals surface area contributed by atoms with Crippen LogP contribution in [0.2, 0.25) is 0 Å². The van der Waals surface area contributed by atoms with Crippen molar-refractivity contribution in [2.24, 2.45) is 0 Å². The molecule has 6 nitrogen and oxygen atoms in total. The molecule has 2 rings (SSSR count). The largest absolute Gasteiger partial charge is 0.368 e. The molecule has 0 unspecified atom stereocenters. The second-order valence-corrected chi connectivity index (χ2v) is 3.70. The molecule has 0 saturated carbocycles. The van der Waals surface area contributed by atoms with Crippen LogP contribution in [0.1, 0.15) is 5.56 Å². The minimum Gasteiger partial charge on any atom is -0.368 e. The zero-order valence-corrected chi connectivity index (χ0v) is 10.0. The average molecular weight is 232 g/mol. The maximum absolute atomic E-state index is 4.35. The number of anilines is 2. The first-order chi connectivity index (χ1) is 8.29. The summed E-state index contributed by atoms with van der Waals surface area (Å²) >= 11 is 0. The second kappa shape index (κ2) is 5.29. The highest BCUT2D eigenvalue weighted by molar-refractivity contribution is 5.46. The van der Waals surface area contributed by atoms with E-state index < -0.39 is 0 Å². The number of hydrogen-bond donors (Lipinski definition) is 2. The number of hydrogen-bond acceptors (Lipinski definition) is 5. The number of nitrogens with zero attached hydrogens (tertiary/aromatic N) is 4. The Bertz CT molecular complexity index is 465. The summed E-state index contributed by atoms with van der Waals surface area (Å²) in [4.78, 5) is 12.5. The molecule has 0 aromatic carbocycles. The predicted molar refractivity (Wildman–Crippen MR) is 67.0 cm³/mol. The van der Waals surface area contributed by atoms with Crippen molar-refractivity contribution in [3.8, 4) is 0 Å². The van der Waals surface area contributed by atoms with Crippen LogP contribution in [-0.4, -0.2) is 33.1 Å². The summed E-state index contributed by atoms with van der Waals surface area (Å²) in [5, 5.41) is 6.21. The zero-order valence-electron chi connectivity index (χ0n) is 10.0. The molecule has 0 aliphatic carbocycles. The Labute approximate surface area is 100 Å². The van der Waals surface area contributed by atoms with Gasteiger partial charge >= 0.3 is 0 Å². The molecular weight excluding hydrogens is 216 g/mol. The Morgan fingerprint density at radius 1 is 1.41 bits per heavy atom. The van der Waals surface area contributed by atoms with Gasteiger partial charge in [0.2, 0.25) is 5.95 Å². The molecule has 6 heteroatoms. The van der Waals surface area contributed by atoms with Crippen LogP contribution in [0.3, 0.4) is 0 Å². The molecule has 2 aromatic rings. The fourth-order valence-corrected chi connectivity index (χ4v) is 1.46. The Hall–Kier alpha value is -2.11. The van der Waals surface area contributed by atoms with E-state index in [1.54, 1.807) is 25.8 Å². The van der Waals surface area contributed by atoms with Crippen LogP contribution >= 0.6 is 0 Å². The topological polar surface area (TPSA) is 67.7 Å². The van der Waals surface area contributed by atoms with Gasteiger partial charge in [-0.05, 0) is 6.92 Å². The van der Waals surface area contributed by atoms with Crippen LogP contribution in [0.15, 0.2) is 24.9 Å². The average Bonchev–Trinajstić information content (AvgIpc) is 2.84. The monoisotopic (exact) mass is 232 g/mol. The molecule has 0 aliphatic heterocycles. The molecule has 2 heterocycles. The summed E-state index contributed by atoms with van der Waals surface area (Å²) < 4.78 is 2.02. The summed E-state index contributed by atoms with van der Waals surface area (Å²) in [5.74, 6) is 1.49. The van der Waals surface area contributed by atoms with Gasteiger partial charge in [0.05, 0.1) is 6.33 Å². The van der Waals surface area contributed by atoms with Crippen molar-refractivity contribution in [2.75, 3.05) is 24.2 Å². The van der Waals surface area contributed by atoms with Crippen molar-refractivity contribution in [3.05, 3.63) is 30.5 Å². The third kappa shape index (κ3) is 2.93. The van der Waals surface area contributed by atoms with Crippen LogP contribution in [0.25, 0.3) is 0 Å². The standard InChI is InChI=1S/C11H16N6/c1-9-7-15-11(12-2)16-10(9)14-4-6-17-5-3-13-8-17/h3,5,7-8H,4,6H2,1-2H3,(H2,12,14,15,16). The number of nitrogens with one attached hydrogen (secondary N) is 2. The van der Waals surface area contributed by atoms with Gasteiger partial charge in [0.25, 0.3) is 0 Å². The quantitative estimate of drug-likeness (QED) is 0.809. The molecular formula is C11H16N6. The summed E-state index contributed by atoms with van der Waals surface area (Å²) in [6.07, 6.45) is 7.31. The maximum Gasteiger partial charge on any atom is 0.224 e. The molecule has 0 radical (unpaired) electrons. The van der Waals surface area contributed by atoms with E-state index in [1.807, 2.05) is 17.7 Å². The third-order valence-electron chi connectivity index (χ3n) is 2.42. The molecule has 0 atom stereocenters. The minimum absolute atomic E-state index is 0.626. The van der Waals surface area contributed by atoms with Crippen molar-refractivity contribution < 1.29 is 0 Å². The molecule has 0 aliphatic rings. The predicted octanol–water partition coefficient (Wildman–Crippen LogP) is 1.14. The van der Waals surface area contributed by atoms with E-state index in [-0.39, 0.29) is 0 Å². The Morgan fingerprint density at radius 2 is 2.29 bits per heavy atom. The van der Waals surface area contributed by atoms with Gasteiger partial charge in [-0.2, -0.15) is 4.98 Å². The van der Waals surface area contributed by atoms with E-state index in [2.05, 4.69) is 25.6 Å². The van der Waals surface area contributed by atoms with E-state index in [0.29, 0.717) is 5.95 Å². The van der Waals surface area contributed by atoms with Crippen molar-refractivity contribution in [3.63, 3.8) is 0 Å². The molecule has 2 N–H and O–H groups in total. The van der Waals surface area contributed by atoms with Crippen molar-refractivity contribution in [1.82, 2.24) is 19.5 Å². The highest BCUT2D eigenvalue weighted by Crippen LogP contribution is 2.11. The number of aromatic nitrogens is 4. The number of rotatable bonds is 5. The van der Waals surface area contributed by atoms with Gasteiger partial charge in [0.1, 0.15) is 5.82 Å². The van der Waals surface area contributed by atoms with Gasteiger partial charge in [-0.1, -0.05) is 0 Å². The van der Waals surface area contributed by atoms with Crippen LogP contribution in [0.5, 0.6) is 0 Å². The van der Waals surface area contributed by atoms with Crippen LogP contribution in [-0.2, 0) is 6.54 Å². The lowest BCUT2D eigenvalue weighted by Crippen LogP contribution is -2.12. The van der Waals surface area contributed by atoms with Crippen LogP contribution in [0.4, 0.5) is 11.8 Å². The second-order valence-electron chi connectivity index (χ2n) is 3.70. The maximum atomic E-state index is 4.35. The van der Waals surface area contributed by atoms with Gasteiger partial charge < -0.3 is 15.2 Å². The fourth-order valence-electron chi connectivity index (χ4n) is 1.46. The number of aryl methyl sites for hydroxylation is 1.